The molecule has 0 aliphatic heterocycles. The molecule has 0 aliphatic carbocycles. The highest BCUT2D eigenvalue weighted by atomic mass is 127. The van der Waals surface area contributed by atoms with Gasteiger partial charge in [0.25, 0.3) is 11.8 Å². The number of rotatable bonds is 4. The van der Waals surface area contributed by atoms with Crippen LogP contribution in [0.5, 0.6) is 0 Å². The largest absolute Gasteiger partial charge is 0.459 e. The van der Waals surface area contributed by atoms with E-state index in [-0.39, 0.29) is 17.6 Å². The first kappa shape index (κ1) is 16.3. The minimum atomic E-state index is -0.346. The van der Waals surface area contributed by atoms with Crippen molar-refractivity contribution in [3.05, 3.63) is 81.8 Å². The van der Waals surface area contributed by atoms with E-state index in [4.69, 9.17) is 4.42 Å². The molecule has 2 amide bonds. The number of nitrogens with one attached hydrogen (secondary N) is 2. The van der Waals surface area contributed by atoms with Crippen LogP contribution < -0.4 is 10.6 Å². The topological polar surface area (TPSA) is 71.3 Å². The van der Waals surface area contributed by atoms with Crippen molar-refractivity contribution in [2.24, 2.45) is 0 Å². The number of halogens is 1. The van der Waals surface area contributed by atoms with Gasteiger partial charge in [0.1, 0.15) is 0 Å². The fourth-order valence-electron chi connectivity index (χ4n) is 2.11. The second kappa shape index (κ2) is 7.31. The SMILES string of the molecule is O=C(Nc1cccc(NC(=O)c2ccco2)c1)c1cccc(I)c1. The van der Waals surface area contributed by atoms with Crippen LogP contribution in [-0.2, 0) is 0 Å². The predicted molar refractivity (Wildman–Crippen MR) is 100 cm³/mol. The number of hydrogen-bond acceptors (Lipinski definition) is 3. The first-order valence-corrected chi connectivity index (χ1v) is 8.21. The molecule has 0 saturated carbocycles. The number of hydrogen-bond donors (Lipinski definition) is 2. The summed E-state index contributed by atoms with van der Waals surface area (Å²) in [6, 6.07) is 17.5. The number of benzene rings is 2. The van der Waals surface area contributed by atoms with Gasteiger partial charge in [0, 0.05) is 20.5 Å². The van der Waals surface area contributed by atoms with E-state index >= 15 is 0 Å². The standard InChI is InChI=1S/C18H13IN2O3/c19-13-5-1-4-12(10-13)17(22)20-14-6-2-7-15(11-14)21-18(23)16-8-3-9-24-16/h1-11H,(H,20,22)(H,21,23). The Morgan fingerprint density at radius 2 is 1.54 bits per heavy atom. The molecule has 2 aromatic carbocycles. The molecule has 5 nitrogen and oxygen atoms in total. The van der Waals surface area contributed by atoms with Gasteiger partial charge in [-0.2, -0.15) is 0 Å². The van der Waals surface area contributed by atoms with E-state index in [9.17, 15) is 9.59 Å². The fraction of sp³-hybridized carbons (Fsp3) is 0. The Balaban J connectivity index is 1.71. The third-order valence-corrected chi connectivity index (χ3v) is 3.88. The third-order valence-electron chi connectivity index (χ3n) is 3.21. The van der Waals surface area contributed by atoms with E-state index in [1.165, 1.54) is 6.26 Å². The van der Waals surface area contributed by atoms with Gasteiger partial charge in [0.15, 0.2) is 5.76 Å². The molecule has 0 radical (unpaired) electrons. The van der Waals surface area contributed by atoms with Crippen molar-refractivity contribution < 1.29 is 14.0 Å². The summed E-state index contributed by atoms with van der Waals surface area (Å²) in [5.41, 5.74) is 1.74. The Bertz CT molecular complexity index is 875. The molecule has 3 aromatic rings. The van der Waals surface area contributed by atoms with Crippen LogP contribution >= 0.6 is 22.6 Å². The van der Waals surface area contributed by atoms with E-state index < -0.39 is 0 Å². The zero-order valence-corrected chi connectivity index (χ0v) is 14.6. The van der Waals surface area contributed by atoms with Crippen LogP contribution in [0, 0.1) is 3.57 Å². The Hall–Kier alpha value is -2.61. The van der Waals surface area contributed by atoms with Gasteiger partial charge in [-0.25, -0.2) is 0 Å². The second-order valence-electron chi connectivity index (χ2n) is 4.98. The number of amides is 2. The van der Waals surface area contributed by atoms with E-state index in [1.54, 1.807) is 48.5 Å². The zero-order valence-electron chi connectivity index (χ0n) is 12.5. The van der Waals surface area contributed by atoms with E-state index in [0.717, 1.165) is 3.57 Å². The fourth-order valence-corrected chi connectivity index (χ4v) is 2.65. The average Bonchev–Trinajstić information content (AvgIpc) is 3.10. The highest BCUT2D eigenvalue weighted by Crippen LogP contribution is 2.18. The number of carbonyl (C=O) groups is 2. The molecule has 24 heavy (non-hydrogen) atoms. The Morgan fingerprint density at radius 3 is 2.21 bits per heavy atom. The lowest BCUT2D eigenvalue weighted by Gasteiger charge is -2.08. The highest BCUT2D eigenvalue weighted by molar-refractivity contribution is 14.1. The summed E-state index contributed by atoms with van der Waals surface area (Å²) < 4.78 is 6.03. The number of furan rings is 1. The summed E-state index contributed by atoms with van der Waals surface area (Å²) >= 11 is 2.16. The van der Waals surface area contributed by atoms with Gasteiger partial charge in [-0.1, -0.05) is 12.1 Å². The van der Waals surface area contributed by atoms with Crippen LogP contribution in [0.1, 0.15) is 20.9 Å². The Labute approximate surface area is 152 Å². The van der Waals surface area contributed by atoms with Gasteiger partial charge >= 0.3 is 0 Å². The normalized spacial score (nSPS) is 10.2. The summed E-state index contributed by atoms with van der Waals surface area (Å²) in [6.45, 7) is 0. The minimum Gasteiger partial charge on any atom is -0.459 e. The molecule has 0 saturated heterocycles. The van der Waals surface area contributed by atoms with Gasteiger partial charge in [-0.3, -0.25) is 9.59 Å². The first-order valence-electron chi connectivity index (χ1n) is 7.14. The van der Waals surface area contributed by atoms with Crippen LogP contribution in [-0.4, -0.2) is 11.8 Å². The summed E-state index contributed by atoms with van der Waals surface area (Å²) in [7, 11) is 0. The first-order chi connectivity index (χ1) is 11.6. The van der Waals surface area contributed by atoms with Crippen molar-refractivity contribution in [2.45, 2.75) is 0 Å². The highest BCUT2D eigenvalue weighted by Gasteiger charge is 2.10. The summed E-state index contributed by atoms with van der Waals surface area (Å²) in [5, 5.41) is 5.54. The zero-order chi connectivity index (χ0) is 16.9. The minimum absolute atomic E-state index is 0.206. The Kier molecular flexibility index (Phi) is 4.95. The van der Waals surface area contributed by atoms with Crippen LogP contribution in [0.4, 0.5) is 11.4 Å². The van der Waals surface area contributed by atoms with E-state index in [1.807, 2.05) is 12.1 Å². The summed E-state index contributed by atoms with van der Waals surface area (Å²) in [6.07, 6.45) is 1.44. The van der Waals surface area contributed by atoms with Gasteiger partial charge in [0.2, 0.25) is 0 Å². The van der Waals surface area contributed by atoms with Crippen molar-refractivity contribution in [2.75, 3.05) is 10.6 Å². The van der Waals surface area contributed by atoms with Crippen LogP contribution in [0.15, 0.2) is 71.3 Å². The van der Waals surface area contributed by atoms with Crippen molar-refractivity contribution in [3.63, 3.8) is 0 Å². The summed E-state index contributed by atoms with van der Waals surface area (Å²) in [5.74, 6) is -0.326. The molecule has 0 fully saturated rings. The Morgan fingerprint density at radius 1 is 0.833 bits per heavy atom. The molecule has 120 valence electrons. The van der Waals surface area contributed by atoms with Gasteiger partial charge in [0.05, 0.1) is 6.26 Å². The molecule has 1 aromatic heterocycles. The average molecular weight is 432 g/mol. The predicted octanol–water partition coefficient (Wildman–Crippen LogP) is 4.39. The monoisotopic (exact) mass is 432 g/mol. The molecule has 0 atom stereocenters. The summed E-state index contributed by atoms with van der Waals surface area (Å²) in [4.78, 5) is 24.2. The molecule has 1 heterocycles. The quantitative estimate of drug-likeness (QED) is 0.601. The molecular weight excluding hydrogens is 419 g/mol. The van der Waals surface area contributed by atoms with Crippen molar-refractivity contribution in [1.82, 2.24) is 0 Å². The van der Waals surface area contributed by atoms with Crippen LogP contribution in [0.25, 0.3) is 0 Å². The molecular formula is C18H13IN2O3. The van der Waals surface area contributed by atoms with Crippen molar-refractivity contribution in [1.29, 1.82) is 0 Å². The number of anilines is 2. The van der Waals surface area contributed by atoms with Crippen LogP contribution in [0.3, 0.4) is 0 Å². The second-order valence-corrected chi connectivity index (χ2v) is 6.22. The molecule has 2 N–H and O–H groups in total. The molecule has 0 bridgehead atoms. The lowest BCUT2D eigenvalue weighted by molar-refractivity contribution is 0.0995. The van der Waals surface area contributed by atoms with Gasteiger partial charge < -0.3 is 15.1 Å². The molecule has 0 aliphatic rings. The molecule has 6 heteroatoms. The van der Waals surface area contributed by atoms with Gasteiger partial charge in [-0.15, -0.1) is 0 Å². The maximum Gasteiger partial charge on any atom is 0.291 e. The van der Waals surface area contributed by atoms with Gasteiger partial charge in [-0.05, 0) is 71.1 Å². The number of carbonyl (C=O) groups excluding carboxylic acids is 2. The molecule has 3 rings (SSSR count). The van der Waals surface area contributed by atoms with E-state index in [2.05, 4.69) is 33.2 Å². The van der Waals surface area contributed by atoms with E-state index in [0.29, 0.717) is 16.9 Å². The van der Waals surface area contributed by atoms with Crippen LogP contribution in [0.2, 0.25) is 0 Å². The van der Waals surface area contributed by atoms with Crippen molar-refractivity contribution in [3.8, 4) is 0 Å². The smallest absolute Gasteiger partial charge is 0.291 e. The molecule has 0 unspecified atom stereocenters. The maximum absolute atomic E-state index is 12.3. The maximum atomic E-state index is 12.3. The lowest BCUT2D eigenvalue weighted by Crippen LogP contribution is -2.13. The lowest BCUT2D eigenvalue weighted by atomic mass is 10.2. The third kappa shape index (κ3) is 4.02. The van der Waals surface area contributed by atoms with Crippen molar-refractivity contribution >= 4 is 45.8 Å². The molecule has 0 spiro atoms.